The molecule has 0 aromatic rings. The second-order valence-electron chi connectivity index (χ2n) is 4.57. The summed E-state index contributed by atoms with van der Waals surface area (Å²) in [6, 6.07) is 0. The highest BCUT2D eigenvalue weighted by Gasteiger charge is 1.97. The number of carbonyl (C=O) groups excluding carboxylic acids is 1. The van der Waals surface area contributed by atoms with Crippen LogP contribution >= 0.6 is 0 Å². The molecule has 0 saturated carbocycles. The lowest BCUT2D eigenvalue weighted by atomic mass is 10.0. The normalized spacial score (nSPS) is 12.8. The fourth-order valence-electron chi connectivity index (χ4n) is 1.38. The van der Waals surface area contributed by atoms with Crippen LogP contribution in [0.5, 0.6) is 0 Å². The van der Waals surface area contributed by atoms with Gasteiger partial charge in [-0.3, -0.25) is 4.79 Å². The molecule has 0 spiro atoms. The van der Waals surface area contributed by atoms with E-state index in [2.05, 4.69) is 27.4 Å². The molecule has 0 bridgehead atoms. The van der Waals surface area contributed by atoms with E-state index in [1.54, 1.807) is 13.0 Å². The van der Waals surface area contributed by atoms with Crippen molar-refractivity contribution < 1.29 is 4.79 Å². The Bertz CT molecular complexity index is 305. The van der Waals surface area contributed by atoms with Crippen LogP contribution in [-0.4, -0.2) is 5.78 Å². The van der Waals surface area contributed by atoms with Crippen molar-refractivity contribution in [3.05, 3.63) is 35.5 Å². The van der Waals surface area contributed by atoms with Crippen LogP contribution in [0.3, 0.4) is 0 Å². The fraction of sp³-hybridized carbons (Fsp3) is 0.533. The Morgan fingerprint density at radius 1 is 1.00 bits per heavy atom. The molecule has 0 aliphatic carbocycles. The third kappa shape index (κ3) is 8.22. The largest absolute Gasteiger partial charge is 0.295 e. The highest BCUT2D eigenvalue weighted by molar-refractivity contribution is 5.87. The van der Waals surface area contributed by atoms with Crippen molar-refractivity contribution in [2.24, 2.45) is 0 Å². The van der Waals surface area contributed by atoms with Crippen LogP contribution in [0.4, 0.5) is 0 Å². The molecule has 1 nitrogen and oxygen atoms in total. The van der Waals surface area contributed by atoms with Crippen LogP contribution in [-0.2, 0) is 4.79 Å². The van der Waals surface area contributed by atoms with Gasteiger partial charge in [0.05, 0.1) is 0 Å². The van der Waals surface area contributed by atoms with Crippen LogP contribution in [0.15, 0.2) is 35.5 Å². The van der Waals surface area contributed by atoms with Crippen molar-refractivity contribution in [2.45, 2.75) is 53.4 Å². The van der Waals surface area contributed by atoms with Gasteiger partial charge >= 0.3 is 0 Å². The van der Waals surface area contributed by atoms with E-state index in [0.29, 0.717) is 0 Å². The number of hydrogen-bond acceptors (Lipinski definition) is 1. The zero-order valence-corrected chi connectivity index (χ0v) is 11.1. The summed E-state index contributed by atoms with van der Waals surface area (Å²) in [4.78, 5) is 10.7. The molecular weight excluding hydrogens is 196 g/mol. The van der Waals surface area contributed by atoms with Gasteiger partial charge in [-0.25, -0.2) is 0 Å². The number of allylic oxidation sites excluding steroid dienone is 5. The SMILES string of the molecule is C=C(C)CC/C(C)=C(\C)CC/C=C/C(C)=O. The van der Waals surface area contributed by atoms with Gasteiger partial charge in [0.15, 0.2) is 5.78 Å². The molecule has 1 heteroatoms. The average molecular weight is 220 g/mol. The monoisotopic (exact) mass is 220 g/mol. The number of carbonyl (C=O) groups is 1. The van der Waals surface area contributed by atoms with Crippen LogP contribution in [0.1, 0.15) is 53.4 Å². The Kier molecular flexibility index (Phi) is 7.53. The molecule has 0 rings (SSSR count). The topological polar surface area (TPSA) is 17.1 Å². The third-order valence-electron chi connectivity index (χ3n) is 2.69. The summed E-state index contributed by atoms with van der Waals surface area (Å²) in [5, 5.41) is 0. The molecule has 0 amide bonds. The molecular formula is C15H24O. The van der Waals surface area contributed by atoms with E-state index in [1.807, 2.05) is 6.08 Å². The van der Waals surface area contributed by atoms with Crippen molar-refractivity contribution in [3.63, 3.8) is 0 Å². The third-order valence-corrected chi connectivity index (χ3v) is 2.69. The minimum Gasteiger partial charge on any atom is -0.295 e. The lowest BCUT2D eigenvalue weighted by Gasteiger charge is -2.06. The van der Waals surface area contributed by atoms with E-state index in [4.69, 9.17) is 0 Å². The Hall–Kier alpha value is -1.11. The van der Waals surface area contributed by atoms with E-state index >= 15 is 0 Å². The van der Waals surface area contributed by atoms with E-state index in [9.17, 15) is 4.79 Å². The molecule has 0 heterocycles. The number of rotatable bonds is 7. The molecule has 0 fully saturated rings. The van der Waals surface area contributed by atoms with Crippen LogP contribution in [0.25, 0.3) is 0 Å². The maximum Gasteiger partial charge on any atom is 0.152 e. The summed E-state index contributed by atoms with van der Waals surface area (Å²) in [6.45, 7) is 11.9. The molecule has 0 aromatic carbocycles. The standard InChI is InChI=1S/C15H24O/c1-12(2)10-11-14(4)13(3)8-6-7-9-15(5)16/h7,9H,1,6,8,10-11H2,2-5H3/b9-7+,14-13+. The molecule has 0 N–H and O–H groups in total. The summed E-state index contributed by atoms with van der Waals surface area (Å²) in [6.07, 6.45) is 7.79. The predicted molar refractivity (Wildman–Crippen MR) is 71.5 cm³/mol. The van der Waals surface area contributed by atoms with Gasteiger partial charge in [-0.05, 0) is 59.5 Å². The van der Waals surface area contributed by atoms with E-state index < -0.39 is 0 Å². The lowest BCUT2D eigenvalue weighted by Crippen LogP contribution is -1.87. The van der Waals surface area contributed by atoms with Gasteiger partial charge in [0.25, 0.3) is 0 Å². The molecule has 0 aliphatic rings. The zero-order chi connectivity index (χ0) is 12.6. The minimum atomic E-state index is 0.126. The van der Waals surface area contributed by atoms with E-state index in [1.165, 1.54) is 16.7 Å². The van der Waals surface area contributed by atoms with E-state index in [0.717, 1.165) is 25.7 Å². The summed E-state index contributed by atoms with van der Waals surface area (Å²) in [5.74, 6) is 0.126. The van der Waals surface area contributed by atoms with Crippen molar-refractivity contribution >= 4 is 5.78 Å². The van der Waals surface area contributed by atoms with E-state index in [-0.39, 0.29) is 5.78 Å². The second-order valence-corrected chi connectivity index (χ2v) is 4.57. The van der Waals surface area contributed by atoms with Gasteiger partial charge in [0.1, 0.15) is 0 Å². The molecule has 0 aliphatic heterocycles. The minimum absolute atomic E-state index is 0.126. The van der Waals surface area contributed by atoms with Crippen LogP contribution < -0.4 is 0 Å². The first kappa shape index (κ1) is 14.9. The van der Waals surface area contributed by atoms with Gasteiger partial charge < -0.3 is 0 Å². The Morgan fingerprint density at radius 3 is 2.06 bits per heavy atom. The Balaban J connectivity index is 4.01. The summed E-state index contributed by atoms with van der Waals surface area (Å²) >= 11 is 0. The maximum atomic E-state index is 10.7. The average Bonchev–Trinajstić information content (AvgIpc) is 2.20. The van der Waals surface area contributed by atoms with Crippen molar-refractivity contribution in [1.29, 1.82) is 0 Å². The summed E-state index contributed by atoms with van der Waals surface area (Å²) in [7, 11) is 0. The van der Waals surface area contributed by atoms with Gasteiger partial charge in [-0.1, -0.05) is 22.8 Å². The second kappa shape index (κ2) is 8.09. The molecule has 0 saturated heterocycles. The van der Waals surface area contributed by atoms with Crippen molar-refractivity contribution in [1.82, 2.24) is 0 Å². The van der Waals surface area contributed by atoms with Gasteiger partial charge in [0.2, 0.25) is 0 Å². The highest BCUT2D eigenvalue weighted by Crippen LogP contribution is 2.17. The smallest absolute Gasteiger partial charge is 0.152 e. The quantitative estimate of drug-likeness (QED) is 0.452. The van der Waals surface area contributed by atoms with Crippen LogP contribution in [0.2, 0.25) is 0 Å². The van der Waals surface area contributed by atoms with Crippen molar-refractivity contribution in [2.75, 3.05) is 0 Å². The lowest BCUT2D eigenvalue weighted by molar-refractivity contribution is -0.112. The van der Waals surface area contributed by atoms with Gasteiger partial charge in [0, 0.05) is 0 Å². The summed E-state index contributed by atoms with van der Waals surface area (Å²) in [5.41, 5.74) is 4.14. The van der Waals surface area contributed by atoms with Gasteiger partial charge in [-0.15, -0.1) is 6.58 Å². The Morgan fingerprint density at radius 2 is 1.56 bits per heavy atom. The molecule has 90 valence electrons. The van der Waals surface area contributed by atoms with Crippen molar-refractivity contribution in [3.8, 4) is 0 Å². The molecule has 0 radical (unpaired) electrons. The molecule has 0 atom stereocenters. The predicted octanol–water partition coefficient (Wildman–Crippen LogP) is 4.60. The number of hydrogen-bond donors (Lipinski definition) is 0. The number of ketones is 1. The maximum absolute atomic E-state index is 10.7. The highest BCUT2D eigenvalue weighted by atomic mass is 16.1. The first-order valence-corrected chi connectivity index (χ1v) is 5.90. The first-order valence-electron chi connectivity index (χ1n) is 5.90. The van der Waals surface area contributed by atoms with Gasteiger partial charge in [-0.2, -0.15) is 0 Å². The summed E-state index contributed by atoms with van der Waals surface area (Å²) < 4.78 is 0. The Labute approximate surface area is 99.9 Å². The fourth-order valence-corrected chi connectivity index (χ4v) is 1.38. The first-order chi connectivity index (χ1) is 7.43. The molecule has 0 unspecified atom stereocenters. The molecule has 16 heavy (non-hydrogen) atoms. The van der Waals surface area contributed by atoms with Crippen LogP contribution in [0, 0.1) is 0 Å². The molecule has 0 aromatic heterocycles. The zero-order valence-electron chi connectivity index (χ0n) is 11.1.